The summed E-state index contributed by atoms with van der Waals surface area (Å²) in [6.45, 7) is 4.79. The van der Waals surface area contributed by atoms with Crippen molar-refractivity contribution in [3.8, 4) is 0 Å². The van der Waals surface area contributed by atoms with Crippen molar-refractivity contribution in [1.29, 1.82) is 0 Å². The molecule has 4 nitrogen and oxygen atoms in total. The Morgan fingerprint density at radius 3 is 2.79 bits per heavy atom. The minimum absolute atomic E-state index is 0.0218. The van der Waals surface area contributed by atoms with Crippen LogP contribution < -0.4 is 10.6 Å². The van der Waals surface area contributed by atoms with Gasteiger partial charge in [0, 0.05) is 25.3 Å². The van der Waals surface area contributed by atoms with Gasteiger partial charge in [0.05, 0.1) is 0 Å². The average Bonchev–Trinajstić information content (AvgIpc) is 2.40. The van der Waals surface area contributed by atoms with Gasteiger partial charge in [-0.2, -0.15) is 0 Å². The Bertz CT molecular complexity index is 425. The largest absolute Gasteiger partial charge is 0.325 e. The van der Waals surface area contributed by atoms with E-state index in [1.54, 1.807) is 0 Å². The van der Waals surface area contributed by atoms with E-state index in [4.69, 9.17) is 0 Å². The highest BCUT2D eigenvalue weighted by atomic mass is 16.2. The van der Waals surface area contributed by atoms with Gasteiger partial charge in [-0.05, 0) is 43.5 Å². The Morgan fingerprint density at radius 2 is 2.11 bits per heavy atom. The van der Waals surface area contributed by atoms with Crippen LogP contribution in [0.1, 0.15) is 25.3 Å². The minimum Gasteiger partial charge on any atom is -0.325 e. The van der Waals surface area contributed by atoms with Crippen molar-refractivity contribution in [3.63, 3.8) is 0 Å². The van der Waals surface area contributed by atoms with Gasteiger partial charge >= 0.3 is 6.03 Å². The predicted molar refractivity (Wildman–Crippen MR) is 78.2 cm³/mol. The Balaban J connectivity index is 1.93. The highest BCUT2D eigenvalue weighted by molar-refractivity contribution is 5.89. The van der Waals surface area contributed by atoms with Crippen LogP contribution >= 0.6 is 0 Å². The van der Waals surface area contributed by atoms with E-state index in [2.05, 4.69) is 23.6 Å². The fourth-order valence-electron chi connectivity index (χ4n) is 2.38. The van der Waals surface area contributed by atoms with Crippen LogP contribution in [0, 0.1) is 5.92 Å². The van der Waals surface area contributed by atoms with Crippen LogP contribution in [-0.2, 0) is 6.54 Å². The van der Waals surface area contributed by atoms with Gasteiger partial charge in [-0.1, -0.05) is 19.1 Å². The van der Waals surface area contributed by atoms with Gasteiger partial charge in [0.25, 0.3) is 0 Å². The molecule has 0 unspecified atom stereocenters. The van der Waals surface area contributed by atoms with Crippen molar-refractivity contribution < 1.29 is 4.79 Å². The van der Waals surface area contributed by atoms with Gasteiger partial charge in [0.2, 0.25) is 0 Å². The van der Waals surface area contributed by atoms with E-state index in [0.29, 0.717) is 0 Å². The van der Waals surface area contributed by atoms with Crippen LogP contribution in [0.15, 0.2) is 24.3 Å². The molecule has 0 aliphatic carbocycles. The predicted octanol–water partition coefficient (Wildman–Crippen LogP) is 2.67. The number of nitrogens with zero attached hydrogens (tertiary/aromatic N) is 1. The lowest BCUT2D eigenvalue weighted by Gasteiger charge is -2.30. The number of urea groups is 1. The SMILES string of the molecule is CNCc1cccc(NC(=O)N2CCC(C)CC2)c1. The summed E-state index contributed by atoms with van der Waals surface area (Å²) in [5.74, 6) is 0.739. The highest BCUT2D eigenvalue weighted by Crippen LogP contribution is 2.17. The van der Waals surface area contributed by atoms with Crippen LogP contribution in [0.2, 0.25) is 0 Å². The Kier molecular flexibility index (Phi) is 4.80. The first-order chi connectivity index (χ1) is 9.19. The fourth-order valence-corrected chi connectivity index (χ4v) is 2.38. The molecule has 19 heavy (non-hydrogen) atoms. The van der Waals surface area contributed by atoms with E-state index in [1.807, 2.05) is 30.1 Å². The second-order valence-corrected chi connectivity index (χ2v) is 5.33. The highest BCUT2D eigenvalue weighted by Gasteiger charge is 2.20. The van der Waals surface area contributed by atoms with Gasteiger partial charge in [0.1, 0.15) is 0 Å². The summed E-state index contributed by atoms with van der Waals surface area (Å²) < 4.78 is 0. The van der Waals surface area contributed by atoms with E-state index in [0.717, 1.165) is 44.1 Å². The third-order valence-electron chi connectivity index (χ3n) is 3.63. The molecule has 1 aliphatic heterocycles. The molecular weight excluding hydrogens is 238 g/mol. The molecule has 2 N–H and O–H groups in total. The number of nitrogens with one attached hydrogen (secondary N) is 2. The lowest BCUT2D eigenvalue weighted by Crippen LogP contribution is -2.40. The molecule has 2 amide bonds. The molecule has 1 saturated heterocycles. The fraction of sp³-hybridized carbons (Fsp3) is 0.533. The molecule has 0 atom stereocenters. The van der Waals surface area contributed by atoms with Crippen molar-refractivity contribution in [2.75, 3.05) is 25.5 Å². The molecular formula is C15H23N3O. The first-order valence-corrected chi connectivity index (χ1v) is 6.98. The summed E-state index contributed by atoms with van der Waals surface area (Å²) in [4.78, 5) is 14.1. The summed E-state index contributed by atoms with van der Waals surface area (Å²) in [6, 6.07) is 7.99. The molecule has 4 heteroatoms. The lowest BCUT2D eigenvalue weighted by atomic mass is 10.00. The van der Waals surface area contributed by atoms with Gasteiger partial charge in [0.15, 0.2) is 0 Å². The third-order valence-corrected chi connectivity index (χ3v) is 3.63. The number of benzene rings is 1. The molecule has 0 spiro atoms. The van der Waals surface area contributed by atoms with Crippen molar-refractivity contribution in [2.45, 2.75) is 26.3 Å². The third kappa shape index (κ3) is 3.96. The second kappa shape index (κ2) is 6.57. The molecule has 1 aliphatic rings. The van der Waals surface area contributed by atoms with Gasteiger partial charge in [-0.3, -0.25) is 0 Å². The van der Waals surface area contributed by atoms with Crippen molar-refractivity contribution in [1.82, 2.24) is 10.2 Å². The zero-order chi connectivity index (χ0) is 13.7. The monoisotopic (exact) mass is 261 g/mol. The van der Waals surface area contributed by atoms with Gasteiger partial charge in [-0.15, -0.1) is 0 Å². The van der Waals surface area contributed by atoms with Gasteiger partial charge < -0.3 is 15.5 Å². The summed E-state index contributed by atoms with van der Waals surface area (Å²) in [7, 11) is 1.92. The average molecular weight is 261 g/mol. The van der Waals surface area contributed by atoms with E-state index < -0.39 is 0 Å². The molecule has 1 fully saturated rings. The molecule has 0 saturated carbocycles. The standard InChI is InChI=1S/C15H23N3O/c1-12-6-8-18(9-7-12)15(19)17-14-5-3-4-13(10-14)11-16-2/h3-5,10,12,16H,6-9,11H2,1-2H3,(H,17,19). The van der Waals surface area contributed by atoms with E-state index >= 15 is 0 Å². The minimum atomic E-state index is 0.0218. The molecule has 1 heterocycles. The summed E-state index contributed by atoms with van der Waals surface area (Å²) in [6.07, 6.45) is 2.21. The van der Waals surface area contributed by atoms with Crippen LogP contribution in [0.4, 0.5) is 10.5 Å². The zero-order valence-electron chi connectivity index (χ0n) is 11.8. The summed E-state index contributed by atoms with van der Waals surface area (Å²) in [5.41, 5.74) is 2.05. The van der Waals surface area contributed by atoms with Crippen molar-refractivity contribution >= 4 is 11.7 Å². The Hall–Kier alpha value is -1.55. The maximum atomic E-state index is 12.1. The number of carbonyl (C=O) groups excluding carboxylic acids is 1. The molecule has 1 aromatic carbocycles. The second-order valence-electron chi connectivity index (χ2n) is 5.33. The summed E-state index contributed by atoms with van der Waals surface area (Å²) in [5, 5.41) is 6.09. The van der Waals surface area contributed by atoms with Gasteiger partial charge in [-0.25, -0.2) is 4.79 Å². The zero-order valence-corrected chi connectivity index (χ0v) is 11.8. The molecule has 0 radical (unpaired) electrons. The first kappa shape index (κ1) is 13.9. The summed E-state index contributed by atoms with van der Waals surface area (Å²) >= 11 is 0. The van der Waals surface area contributed by atoms with Crippen molar-refractivity contribution in [2.24, 2.45) is 5.92 Å². The number of rotatable bonds is 3. The van der Waals surface area contributed by atoms with Crippen molar-refractivity contribution in [3.05, 3.63) is 29.8 Å². The topological polar surface area (TPSA) is 44.4 Å². The maximum absolute atomic E-state index is 12.1. The Labute approximate surface area is 115 Å². The number of hydrogen-bond acceptors (Lipinski definition) is 2. The number of carbonyl (C=O) groups is 1. The Morgan fingerprint density at radius 1 is 1.37 bits per heavy atom. The van der Waals surface area contributed by atoms with Crippen LogP contribution in [0.3, 0.4) is 0 Å². The molecule has 0 aromatic heterocycles. The smallest absolute Gasteiger partial charge is 0.321 e. The maximum Gasteiger partial charge on any atom is 0.321 e. The van der Waals surface area contributed by atoms with Crippen LogP contribution in [0.25, 0.3) is 0 Å². The number of anilines is 1. The number of amides is 2. The molecule has 104 valence electrons. The van der Waals surface area contributed by atoms with E-state index in [1.165, 1.54) is 5.56 Å². The van der Waals surface area contributed by atoms with Crippen LogP contribution in [0.5, 0.6) is 0 Å². The lowest BCUT2D eigenvalue weighted by molar-refractivity contribution is 0.186. The normalized spacial score (nSPS) is 16.4. The number of likely N-dealkylation sites (tertiary alicyclic amines) is 1. The molecule has 0 bridgehead atoms. The molecule has 1 aromatic rings. The first-order valence-electron chi connectivity index (χ1n) is 6.98. The number of piperidine rings is 1. The van der Waals surface area contributed by atoms with E-state index in [-0.39, 0.29) is 6.03 Å². The molecule has 2 rings (SSSR count). The quantitative estimate of drug-likeness (QED) is 0.878. The number of hydrogen-bond donors (Lipinski definition) is 2. The van der Waals surface area contributed by atoms with Crippen LogP contribution in [-0.4, -0.2) is 31.1 Å². The van der Waals surface area contributed by atoms with E-state index in [9.17, 15) is 4.79 Å².